The molecule has 4 nitrogen and oxygen atoms in total. The molecule has 0 aliphatic rings. The molecule has 0 aromatic carbocycles. The molecular weight excluding hydrogens is 238 g/mol. The molecule has 0 aromatic heterocycles. The van der Waals surface area contributed by atoms with Crippen LogP contribution >= 0.6 is 0 Å². The third kappa shape index (κ3) is 9.32. The number of rotatable bonds is 9. The van der Waals surface area contributed by atoms with Gasteiger partial charge >= 0.3 is 0 Å². The van der Waals surface area contributed by atoms with Crippen LogP contribution in [0.4, 0.5) is 0 Å². The van der Waals surface area contributed by atoms with Crippen LogP contribution < -0.4 is 0 Å². The maximum Gasteiger partial charge on any atom is 0.264 e. The molecule has 0 bridgehead atoms. The van der Waals surface area contributed by atoms with Crippen LogP contribution in [0.2, 0.25) is 0 Å². The minimum absolute atomic E-state index is 0.188. The lowest BCUT2D eigenvalue weighted by atomic mass is 10.1. The highest BCUT2D eigenvalue weighted by molar-refractivity contribution is 7.85. The van der Waals surface area contributed by atoms with Gasteiger partial charge in [-0.1, -0.05) is 33.3 Å². The van der Waals surface area contributed by atoms with Crippen molar-refractivity contribution < 1.29 is 12.6 Å². The largest absolute Gasteiger partial charge is 0.300 e. The van der Waals surface area contributed by atoms with Crippen LogP contribution in [0.25, 0.3) is 0 Å². The molecule has 0 N–H and O–H groups in total. The van der Waals surface area contributed by atoms with E-state index in [1.54, 1.807) is 0 Å². The van der Waals surface area contributed by atoms with Crippen molar-refractivity contribution in [3.05, 3.63) is 11.6 Å². The Labute approximate surface area is 106 Å². The topological polar surface area (TPSA) is 46.6 Å². The fourth-order valence-corrected chi connectivity index (χ4v) is 1.84. The van der Waals surface area contributed by atoms with E-state index in [1.165, 1.54) is 0 Å². The van der Waals surface area contributed by atoms with Crippen molar-refractivity contribution in [2.24, 2.45) is 0 Å². The molecule has 0 saturated heterocycles. The van der Waals surface area contributed by atoms with Crippen molar-refractivity contribution in [3.8, 4) is 0 Å². The third-order valence-corrected chi connectivity index (χ3v) is 3.11. The smallest absolute Gasteiger partial charge is 0.264 e. The van der Waals surface area contributed by atoms with Gasteiger partial charge in [0.05, 0.1) is 12.9 Å². The van der Waals surface area contributed by atoms with E-state index in [9.17, 15) is 8.42 Å². The van der Waals surface area contributed by atoms with Crippen LogP contribution in [-0.2, 0) is 14.3 Å². The molecule has 0 aromatic rings. The molecule has 0 radical (unpaired) electrons. The Morgan fingerprint density at radius 1 is 1.24 bits per heavy atom. The zero-order valence-corrected chi connectivity index (χ0v) is 12.2. The van der Waals surface area contributed by atoms with Gasteiger partial charge in [0.2, 0.25) is 0 Å². The van der Waals surface area contributed by atoms with Gasteiger partial charge in [0, 0.05) is 6.54 Å². The molecule has 17 heavy (non-hydrogen) atoms. The zero-order chi connectivity index (χ0) is 13.3. The summed E-state index contributed by atoms with van der Waals surface area (Å²) in [5.74, 6) is 0. The van der Waals surface area contributed by atoms with Gasteiger partial charge in [0.1, 0.15) is 0 Å². The number of hydrogen-bond donors (Lipinski definition) is 0. The first-order chi connectivity index (χ1) is 7.92. The maximum absolute atomic E-state index is 10.9. The fourth-order valence-electron chi connectivity index (χ4n) is 1.48. The molecule has 0 fully saturated rings. The molecule has 0 saturated carbocycles. The average Bonchev–Trinajstić information content (AvgIpc) is 2.26. The van der Waals surface area contributed by atoms with Crippen molar-refractivity contribution in [2.45, 2.75) is 33.6 Å². The van der Waals surface area contributed by atoms with E-state index >= 15 is 0 Å². The Hall–Kier alpha value is -0.390. The Bertz CT molecular complexity index is 319. The summed E-state index contributed by atoms with van der Waals surface area (Å²) in [7, 11) is -3.34. The van der Waals surface area contributed by atoms with Gasteiger partial charge in [-0.15, -0.1) is 0 Å². The Balaban J connectivity index is 4.34. The fraction of sp³-hybridized carbons (Fsp3) is 0.833. The van der Waals surface area contributed by atoms with E-state index in [-0.39, 0.29) is 6.61 Å². The van der Waals surface area contributed by atoms with E-state index in [4.69, 9.17) is 4.18 Å². The summed E-state index contributed by atoms with van der Waals surface area (Å²) in [5.41, 5.74) is 1.06. The predicted octanol–water partition coefficient (Wildman–Crippen LogP) is 2.03. The van der Waals surface area contributed by atoms with Crippen LogP contribution in [0.3, 0.4) is 0 Å². The number of nitrogens with zero attached hydrogens (tertiary/aromatic N) is 1. The molecular formula is C12H25NO3S. The summed E-state index contributed by atoms with van der Waals surface area (Å²) < 4.78 is 26.7. The lowest BCUT2D eigenvalue weighted by Crippen LogP contribution is -2.23. The second-order valence-electron chi connectivity index (χ2n) is 4.06. The van der Waals surface area contributed by atoms with E-state index in [0.717, 1.165) is 44.3 Å². The van der Waals surface area contributed by atoms with Crippen molar-refractivity contribution in [1.29, 1.82) is 0 Å². The number of likely N-dealkylation sites (N-methyl/N-ethyl adjacent to an activating group) is 1. The van der Waals surface area contributed by atoms with Crippen molar-refractivity contribution >= 4 is 10.1 Å². The highest BCUT2D eigenvalue weighted by atomic mass is 32.2. The number of hydrogen-bond acceptors (Lipinski definition) is 4. The normalized spacial score (nSPS) is 13.4. The van der Waals surface area contributed by atoms with Crippen molar-refractivity contribution in [3.63, 3.8) is 0 Å². The molecule has 0 atom stereocenters. The van der Waals surface area contributed by atoms with Gasteiger partial charge in [0.25, 0.3) is 10.1 Å². The molecule has 5 heteroatoms. The minimum atomic E-state index is -3.34. The Morgan fingerprint density at radius 3 is 2.24 bits per heavy atom. The van der Waals surface area contributed by atoms with Gasteiger partial charge < -0.3 is 4.90 Å². The standard InChI is InChI=1S/C12H25NO3S/c1-5-8-12(11-16-17(4,14)15)9-10-13(6-2)7-3/h9H,5-8,10-11H2,1-4H3/b12-9+. The van der Waals surface area contributed by atoms with Crippen molar-refractivity contribution in [2.75, 3.05) is 32.5 Å². The zero-order valence-electron chi connectivity index (χ0n) is 11.4. The van der Waals surface area contributed by atoms with Crippen LogP contribution in [0.15, 0.2) is 11.6 Å². The van der Waals surface area contributed by atoms with Gasteiger partial charge in [-0.05, 0) is 25.1 Å². The summed E-state index contributed by atoms with van der Waals surface area (Å²) in [5, 5.41) is 0. The summed E-state index contributed by atoms with van der Waals surface area (Å²) in [6.07, 6.45) is 5.05. The van der Waals surface area contributed by atoms with Crippen LogP contribution in [0.1, 0.15) is 33.6 Å². The molecule has 0 aliphatic carbocycles. The van der Waals surface area contributed by atoms with E-state index < -0.39 is 10.1 Å². The van der Waals surface area contributed by atoms with Gasteiger partial charge in [-0.2, -0.15) is 8.42 Å². The summed E-state index contributed by atoms with van der Waals surface area (Å²) in [6, 6.07) is 0. The highest BCUT2D eigenvalue weighted by Gasteiger charge is 2.05. The molecule has 0 heterocycles. The molecule has 0 unspecified atom stereocenters. The van der Waals surface area contributed by atoms with Gasteiger partial charge in [-0.25, -0.2) is 0 Å². The summed E-state index contributed by atoms with van der Waals surface area (Å²) in [4.78, 5) is 2.27. The molecule has 0 aliphatic heterocycles. The SMILES string of the molecule is CCC/C(=C\CN(CC)CC)COS(C)(=O)=O. The first-order valence-electron chi connectivity index (χ1n) is 6.17. The summed E-state index contributed by atoms with van der Waals surface area (Å²) >= 11 is 0. The Morgan fingerprint density at radius 2 is 1.82 bits per heavy atom. The van der Waals surface area contributed by atoms with Crippen LogP contribution in [-0.4, -0.2) is 45.8 Å². The van der Waals surface area contributed by atoms with Crippen LogP contribution in [0.5, 0.6) is 0 Å². The molecule has 0 rings (SSSR count). The van der Waals surface area contributed by atoms with E-state index in [2.05, 4.69) is 31.7 Å². The monoisotopic (exact) mass is 263 g/mol. The van der Waals surface area contributed by atoms with Crippen molar-refractivity contribution in [1.82, 2.24) is 4.90 Å². The van der Waals surface area contributed by atoms with Gasteiger partial charge in [-0.3, -0.25) is 4.18 Å². The summed E-state index contributed by atoms with van der Waals surface area (Å²) in [6.45, 7) is 9.35. The van der Waals surface area contributed by atoms with E-state index in [0.29, 0.717) is 0 Å². The second-order valence-corrected chi connectivity index (χ2v) is 5.71. The molecule has 0 spiro atoms. The maximum atomic E-state index is 10.9. The van der Waals surface area contributed by atoms with Crippen LogP contribution in [0, 0.1) is 0 Å². The lowest BCUT2D eigenvalue weighted by Gasteiger charge is -2.16. The lowest BCUT2D eigenvalue weighted by molar-refractivity contribution is 0.328. The highest BCUT2D eigenvalue weighted by Crippen LogP contribution is 2.07. The molecule has 0 amide bonds. The first kappa shape index (κ1) is 16.6. The third-order valence-electron chi connectivity index (χ3n) is 2.56. The first-order valence-corrected chi connectivity index (χ1v) is 7.99. The molecule has 102 valence electrons. The van der Waals surface area contributed by atoms with Gasteiger partial charge in [0.15, 0.2) is 0 Å². The van der Waals surface area contributed by atoms with E-state index in [1.807, 2.05) is 0 Å². The average molecular weight is 263 g/mol. The minimum Gasteiger partial charge on any atom is -0.300 e. The second kappa shape index (κ2) is 8.66. The Kier molecular flexibility index (Phi) is 8.47. The quantitative estimate of drug-likeness (QED) is 0.472. The predicted molar refractivity (Wildman–Crippen MR) is 71.6 cm³/mol.